The lowest BCUT2D eigenvalue weighted by Crippen LogP contribution is -2.42. The van der Waals surface area contributed by atoms with E-state index in [-0.39, 0.29) is 23.9 Å². The highest BCUT2D eigenvalue weighted by Crippen LogP contribution is 2.35. The summed E-state index contributed by atoms with van der Waals surface area (Å²) in [6, 6.07) is 24.3. The summed E-state index contributed by atoms with van der Waals surface area (Å²) in [7, 11) is 0. The van der Waals surface area contributed by atoms with Crippen LogP contribution in [-0.4, -0.2) is 65.8 Å². The van der Waals surface area contributed by atoms with E-state index < -0.39 is 12.1 Å². The van der Waals surface area contributed by atoms with E-state index in [1.165, 1.54) is 0 Å². The lowest BCUT2D eigenvalue weighted by Gasteiger charge is -2.28. The molecule has 7 rings (SSSR count). The maximum Gasteiger partial charge on any atom is 0.405 e. The highest BCUT2D eigenvalue weighted by molar-refractivity contribution is 5.87. The van der Waals surface area contributed by atoms with Gasteiger partial charge in [0, 0.05) is 19.5 Å². The maximum atomic E-state index is 13.7. The predicted octanol–water partition coefficient (Wildman–Crippen LogP) is 6.88. The molecule has 0 bridgehead atoms. The molecule has 3 amide bonds. The Morgan fingerprint density at radius 3 is 1.76 bits per heavy atom. The number of carboxylic acid groups (broad SMARTS) is 1. The van der Waals surface area contributed by atoms with Crippen LogP contribution in [0.25, 0.3) is 33.6 Å². The fraction of sp³-hybridized carbons (Fsp3) is 0.289. The molecule has 0 saturated carbocycles. The number of nitrogens with one attached hydrogen (secondary N) is 3. The Hall–Kier alpha value is -5.71. The summed E-state index contributed by atoms with van der Waals surface area (Å²) in [5, 5.41) is 11.9. The van der Waals surface area contributed by atoms with Gasteiger partial charge in [0.2, 0.25) is 5.91 Å². The average Bonchev–Trinajstić information content (AvgIpc) is 3.97. The molecule has 2 aliphatic heterocycles. The van der Waals surface area contributed by atoms with Crippen molar-refractivity contribution in [1.29, 1.82) is 0 Å². The van der Waals surface area contributed by atoms with Crippen molar-refractivity contribution < 1.29 is 19.5 Å². The van der Waals surface area contributed by atoms with E-state index in [2.05, 4.69) is 61.7 Å². The molecule has 250 valence electrons. The van der Waals surface area contributed by atoms with Crippen LogP contribution in [0.4, 0.5) is 4.79 Å². The summed E-state index contributed by atoms with van der Waals surface area (Å²) in [6.45, 7) is 3.21. The van der Waals surface area contributed by atoms with Crippen LogP contribution in [0.5, 0.6) is 0 Å². The second-order valence-electron chi connectivity index (χ2n) is 12.6. The van der Waals surface area contributed by atoms with Crippen molar-refractivity contribution in [1.82, 2.24) is 35.1 Å². The third-order valence-electron chi connectivity index (χ3n) is 9.61. The molecule has 49 heavy (non-hydrogen) atoms. The molecule has 1 unspecified atom stereocenters. The second-order valence-corrected chi connectivity index (χ2v) is 12.6. The van der Waals surface area contributed by atoms with Gasteiger partial charge in [-0.05, 0) is 53.5 Å². The van der Waals surface area contributed by atoms with Gasteiger partial charge in [0.25, 0.3) is 5.91 Å². The Bertz CT molecular complexity index is 1930. The number of hydrogen-bond donors (Lipinski definition) is 4. The molecule has 2 fully saturated rings. The molecule has 2 saturated heterocycles. The van der Waals surface area contributed by atoms with Crippen molar-refractivity contribution in [2.75, 3.05) is 13.1 Å². The Morgan fingerprint density at radius 1 is 0.755 bits per heavy atom. The first-order valence-electron chi connectivity index (χ1n) is 16.8. The number of rotatable bonds is 9. The number of H-pyrrole nitrogens is 2. The fourth-order valence-electron chi connectivity index (χ4n) is 7.08. The summed E-state index contributed by atoms with van der Waals surface area (Å²) < 4.78 is 0. The van der Waals surface area contributed by atoms with Gasteiger partial charge >= 0.3 is 6.09 Å². The van der Waals surface area contributed by atoms with Gasteiger partial charge in [-0.3, -0.25) is 9.59 Å². The summed E-state index contributed by atoms with van der Waals surface area (Å²) in [5.41, 5.74) is 6.53. The van der Waals surface area contributed by atoms with Crippen molar-refractivity contribution in [2.45, 2.75) is 57.2 Å². The van der Waals surface area contributed by atoms with Crippen molar-refractivity contribution >= 4 is 17.9 Å². The molecule has 0 aliphatic carbocycles. The fourth-order valence-corrected chi connectivity index (χ4v) is 7.08. The number of likely N-dealkylation sites (tertiary alicyclic amines) is 2. The molecule has 4 N–H and O–H groups in total. The van der Waals surface area contributed by atoms with E-state index in [1.54, 1.807) is 35.4 Å². The molecule has 11 heteroatoms. The van der Waals surface area contributed by atoms with Gasteiger partial charge in [0.15, 0.2) is 0 Å². The summed E-state index contributed by atoms with van der Waals surface area (Å²) in [5.74, 6) is 1.40. The minimum absolute atomic E-state index is 0.0117. The van der Waals surface area contributed by atoms with Gasteiger partial charge in [0.1, 0.15) is 17.7 Å². The third kappa shape index (κ3) is 6.56. The Balaban J connectivity index is 1.03. The highest BCUT2D eigenvalue weighted by atomic mass is 16.4. The van der Waals surface area contributed by atoms with Crippen molar-refractivity contribution in [3.05, 3.63) is 108 Å². The number of aromatic nitrogens is 4. The number of imidazole rings is 2. The maximum absolute atomic E-state index is 13.7. The van der Waals surface area contributed by atoms with E-state index in [1.807, 2.05) is 36.2 Å². The number of carbonyl (C=O) groups is 3. The standard InChI is InChI=1S/C38H39N7O4/c1-2-33(46)44-20-6-10-31(44)35-39-22-29(41-35)26-16-12-24(13-17-26)25-14-18-27(19-15-25)30-23-40-36(42-30)32-11-7-21-45(32)37(47)34(43-38(48)49)28-8-4-3-5-9-28/h3-5,8-9,12-19,22-23,31-32,34,43H,2,6-7,10-11,20-21H2,1H3,(H,39,41)(H,40,42)(H,48,49)/t31?,32-,34+/m0/s1. The predicted molar refractivity (Wildman–Crippen MR) is 185 cm³/mol. The van der Waals surface area contributed by atoms with Crippen LogP contribution in [0.1, 0.15) is 74.4 Å². The Kier molecular flexibility index (Phi) is 8.97. The smallest absolute Gasteiger partial charge is 0.405 e. The van der Waals surface area contributed by atoms with E-state index in [9.17, 15) is 19.5 Å². The van der Waals surface area contributed by atoms with Crippen molar-refractivity contribution in [2.24, 2.45) is 0 Å². The first-order chi connectivity index (χ1) is 23.9. The first kappa shape index (κ1) is 31.9. The summed E-state index contributed by atoms with van der Waals surface area (Å²) in [4.78, 5) is 57.4. The van der Waals surface area contributed by atoms with Gasteiger partial charge in [-0.1, -0.05) is 85.8 Å². The van der Waals surface area contributed by atoms with Crippen molar-refractivity contribution in [3.63, 3.8) is 0 Å². The van der Waals surface area contributed by atoms with E-state index in [0.717, 1.165) is 71.7 Å². The third-order valence-corrected chi connectivity index (χ3v) is 9.61. The number of nitrogens with zero attached hydrogens (tertiary/aromatic N) is 4. The van der Waals surface area contributed by atoms with Crippen molar-refractivity contribution in [3.8, 4) is 33.6 Å². The number of carbonyl (C=O) groups excluding carboxylic acids is 2. The number of aromatic amines is 2. The molecule has 4 heterocycles. The summed E-state index contributed by atoms with van der Waals surface area (Å²) in [6.07, 6.45) is 6.34. The minimum atomic E-state index is -1.25. The van der Waals surface area contributed by atoms with Gasteiger partial charge in [0.05, 0.1) is 35.9 Å². The zero-order valence-corrected chi connectivity index (χ0v) is 27.3. The monoisotopic (exact) mass is 657 g/mol. The molecule has 0 radical (unpaired) electrons. The normalized spacial score (nSPS) is 18.1. The molecule has 0 spiro atoms. The topological polar surface area (TPSA) is 147 Å². The molecule has 3 aromatic carbocycles. The largest absolute Gasteiger partial charge is 0.465 e. The molecule has 5 aromatic rings. The van der Waals surface area contributed by atoms with E-state index >= 15 is 0 Å². The van der Waals surface area contributed by atoms with Crippen LogP contribution in [0.2, 0.25) is 0 Å². The van der Waals surface area contributed by atoms with Crippen LogP contribution in [-0.2, 0) is 9.59 Å². The Morgan fingerprint density at radius 2 is 1.24 bits per heavy atom. The van der Waals surface area contributed by atoms with Gasteiger partial charge in [-0.15, -0.1) is 0 Å². The molecule has 3 atom stereocenters. The average molecular weight is 658 g/mol. The summed E-state index contributed by atoms with van der Waals surface area (Å²) >= 11 is 0. The molecule has 11 nitrogen and oxygen atoms in total. The lowest BCUT2D eigenvalue weighted by molar-refractivity contribution is -0.134. The number of hydrogen-bond acceptors (Lipinski definition) is 5. The van der Waals surface area contributed by atoms with Crippen LogP contribution in [0.3, 0.4) is 0 Å². The second kappa shape index (κ2) is 13.8. The zero-order valence-electron chi connectivity index (χ0n) is 27.3. The zero-order chi connectivity index (χ0) is 33.9. The highest BCUT2D eigenvalue weighted by Gasteiger charge is 2.37. The molecular weight excluding hydrogens is 618 g/mol. The number of amides is 3. The first-order valence-corrected chi connectivity index (χ1v) is 16.8. The van der Waals surface area contributed by atoms with E-state index in [0.29, 0.717) is 24.4 Å². The van der Waals surface area contributed by atoms with Crippen LogP contribution < -0.4 is 5.32 Å². The van der Waals surface area contributed by atoms with Crippen LogP contribution in [0, 0.1) is 0 Å². The van der Waals surface area contributed by atoms with Crippen LogP contribution in [0.15, 0.2) is 91.3 Å². The molecule has 2 aliphatic rings. The van der Waals surface area contributed by atoms with Gasteiger partial charge in [-0.2, -0.15) is 0 Å². The van der Waals surface area contributed by atoms with Gasteiger partial charge < -0.3 is 30.2 Å². The number of benzene rings is 3. The molecule has 2 aromatic heterocycles. The minimum Gasteiger partial charge on any atom is -0.465 e. The lowest BCUT2D eigenvalue weighted by atomic mass is 10.0. The quantitative estimate of drug-likeness (QED) is 0.136. The van der Waals surface area contributed by atoms with Gasteiger partial charge in [-0.25, -0.2) is 14.8 Å². The molecular formula is C38H39N7O4. The van der Waals surface area contributed by atoms with Crippen LogP contribution >= 0.6 is 0 Å². The Labute approximate surface area is 284 Å². The van der Waals surface area contributed by atoms with E-state index in [4.69, 9.17) is 0 Å². The SMILES string of the molecule is CCC(=O)N1CCCC1c1ncc(-c2ccc(-c3ccc(-c4cnc([C@@H]5CCCN5C(=O)[C@H](NC(=O)O)c5ccccc5)[nH]4)cc3)cc2)[nH]1.